The maximum Gasteiger partial charge on any atom is 0.275 e. The molecule has 0 aliphatic carbocycles. The largest absolute Gasteiger partial charge is 0.297 e. The van der Waals surface area contributed by atoms with Crippen molar-refractivity contribution in [2.75, 3.05) is 5.32 Å². The molecule has 2 heterocycles. The van der Waals surface area contributed by atoms with Crippen molar-refractivity contribution in [1.29, 1.82) is 0 Å². The number of amides is 1. The normalized spacial score (nSPS) is 10.0. The highest BCUT2D eigenvalue weighted by atomic mass is 32.1. The zero-order valence-electron chi connectivity index (χ0n) is 6.90. The third-order valence-corrected chi connectivity index (χ3v) is 2.18. The Balaban J connectivity index is 2.14. The van der Waals surface area contributed by atoms with E-state index in [9.17, 15) is 9.59 Å². The number of carbonyl (C=O) groups excluding carboxylic acids is 1. The van der Waals surface area contributed by atoms with E-state index in [1.807, 2.05) is 0 Å². The lowest BCUT2D eigenvalue weighted by molar-refractivity contribution is 0.102. The van der Waals surface area contributed by atoms with Crippen LogP contribution >= 0.6 is 11.3 Å². The smallest absolute Gasteiger partial charge is 0.275 e. The van der Waals surface area contributed by atoms with E-state index in [0.717, 1.165) is 0 Å². The molecular weight excluding hydrogens is 204 g/mol. The van der Waals surface area contributed by atoms with Gasteiger partial charge in [0, 0.05) is 17.6 Å². The van der Waals surface area contributed by atoms with Crippen LogP contribution in [0.2, 0.25) is 0 Å². The fourth-order valence-corrected chi connectivity index (χ4v) is 1.43. The molecular formula is C7H6N4O2S. The second-order valence-corrected chi connectivity index (χ2v) is 3.36. The molecule has 0 unspecified atom stereocenters. The fraction of sp³-hybridized carbons (Fsp3) is 0. The van der Waals surface area contributed by atoms with Crippen LogP contribution in [0.4, 0.5) is 5.13 Å². The standard InChI is InChI=1S/C7H6N4O2S/c12-5-3-4(10-11-5)6(13)9-7-8-1-2-14-7/h1-3H,(H,8,9,13)(H2,10,11,12). The number of carbonyl (C=O) groups is 1. The lowest BCUT2D eigenvalue weighted by atomic mass is 10.4. The SMILES string of the molecule is O=C(Nc1nccs1)c1cc(=O)[nH][nH]1. The van der Waals surface area contributed by atoms with Crippen molar-refractivity contribution in [1.82, 2.24) is 15.2 Å². The van der Waals surface area contributed by atoms with Gasteiger partial charge in [-0.25, -0.2) is 4.98 Å². The number of aromatic nitrogens is 3. The van der Waals surface area contributed by atoms with Gasteiger partial charge in [0.05, 0.1) is 0 Å². The third-order valence-electron chi connectivity index (χ3n) is 1.49. The Morgan fingerprint density at radius 1 is 1.50 bits per heavy atom. The van der Waals surface area contributed by atoms with Crippen molar-refractivity contribution in [3.63, 3.8) is 0 Å². The van der Waals surface area contributed by atoms with Gasteiger partial charge in [-0.3, -0.25) is 25.1 Å². The van der Waals surface area contributed by atoms with E-state index >= 15 is 0 Å². The molecule has 0 fully saturated rings. The van der Waals surface area contributed by atoms with Gasteiger partial charge in [0.15, 0.2) is 5.13 Å². The number of H-pyrrole nitrogens is 2. The third kappa shape index (κ3) is 1.72. The monoisotopic (exact) mass is 210 g/mol. The summed E-state index contributed by atoms with van der Waals surface area (Å²) in [5.74, 6) is -0.390. The van der Waals surface area contributed by atoms with E-state index in [4.69, 9.17) is 0 Å². The molecule has 0 saturated heterocycles. The average molecular weight is 210 g/mol. The van der Waals surface area contributed by atoms with Gasteiger partial charge in [-0.2, -0.15) is 0 Å². The summed E-state index contributed by atoms with van der Waals surface area (Å²) in [5, 5.41) is 9.49. The number of anilines is 1. The van der Waals surface area contributed by atoms with E-state index in [1.165, 1.54) is 17.4 Å². The molecule has 7 heteroatoms. The molecule has 0 aromatic carbocycles. The quantitative estimate of drug-likeness (QED) is 0.670. The molecule has 1 amide bonds. The van der Waals surface area contributed by atoms with Gasteiger partial charge in [0.1, 0.15) is 5.69 Å². The predicted octanol–water partition coefficient (Wildman–Crippen LogP) is 0.412. The molecule has 3 N–H and O–H groups in total. The van der Waals surface area contributed by atoms with Crippen molar-refractivity contribution < 1.29 is 4.79 Å². The van der Waals surface area contributed by atoms with Gasteiger partial charge in [0.2, 0.25) is 0 Å². The maximum absolute atomic E-state index is 11.4. The van der Waals surface area contributed by atoms with E-state index in [0.29, 0.717) is 5.13 Å². The summed E-state index contributed by atoms with van der Waals surface area (Å²) in [5.41, 5.74) is -0.153. The molecule has 0 aliphatic heterocycles. The molecule has 0 atom stereocenters. The van der Waals surface area contributed by atoms with Crippen molar-refractivity contribution >= 4 is 22.4 Å². The number of nitrogens with one attached hydrogen (secondary N) is 3. The molecule has 2 aromatic heterocycles. The van der Waals surface area contributed by atoms with Crippen LogP contribution in [0.25, 0.3) is 0 Å². The van der Waals surface area contributed by atoms with Gasteiger partial charge in [0.25, 0.3) is 11.5 Å². The summed E-state index contributed by atoms with van der Waals surface area (Å²) >= 11 is 1.31. The van der Waals surface area contributed by atoms with Crippen LogP contribution in [0, 0.1) is 0 Å². The van der Waals surface area contributed by atoms with Crippen LogP contribution in [0.3, 0.4) is 0 Å². The second kappa shape index (κ2) is 3.46. The minimum atomic E-state index is -0.390. The molecule has 0 spiro atoms. The van der Waals surface area contributed by atoms with E-state index in [2.05, 4.69) is 20.5 Å². The van der Waals surface area contributed by atoms with Crippen LogP contribution < -0.4 is 10.9 Å². The first-order valence-electron chi connectivity index (χ1n) is 3.74. The Morgan fingerprint density at radius 2 is 2.36 bits per heavy atom. The number of nitrogens with zero attached hydrogens (tertiary/aromatic N) is 1. The molecule has 0 bridgehead atoms. The lowest BCUT2D eigenvalue weighted by Gasteiger charge is -1.96. The van der Waals surface area contributed by atoms with Crippen LogP contribution in [-0.4, -0.2) is 21.1 Å². The molecule has 0 aliphatic rings. The van der Waals surface area contributed by atoms with E-state index in [1.54, 1.807) is 11.6 Å². The second-order valence-electron chi connectivity index (χ2n) is 2.46. The fourth-order valence-electron chi connectivity index (χ4n) is 0.904. The number of thiazole rings is 1. The highest BCUT2D eigenvalue weighted by Gasteiger charge is 2.08. The predicted molar refractivity (Wildman–Crippen MR) is 51.5 cm³/mol. The molecule has 14 heavy (non-hydrogen) atoms. The number of hydrogen-bond acceptors (Lipinski definition) is 4. The summed E-state index contributed by atoms with van der Waals surface area (Å²) in [6, 6.07) is 1.18. The Labute approximate surface area is 82.0 Å². The van der Waals surface area contributed by atoms with E-state index < -0.39 is 5.91 Å². The minimum Gasteiger partial charge on any atom is -0.297 e. The van der Waals surface area contributed by atoms with Crippen LogP contribution in [0.5, 0.6) is 0 Å². The zero-order chi connectivity index (χ0) is 9.97. The van der Waals surface area contributed by atoms with Gasteiger partial charge in [-0.1, -0.05) is 0 Å². The molecule has 2 aromatic rings. The Hall–Kier alpha value is -1.89. The highest BCUT2D eigenvalue weighted by Crippen LogP contribution is 2.10. The van der Waals surface area contributed by atoms with Crippen LogP contribution in [-0.2, 0) is 0 Å². The zero-order valence-corrected chi connectivity index (χ0v) is 7.72. The maximum atomic E-state index is 11.4. The van der Waals surface area contributed by atoms with Crippen LogP contribution in [0.1, 0.15) is 10.5 Å². The Kier molecular flexibility index (Phi) is 2.15. The Bertz CT molecular complexity index is 484. The average Bonchev–Trinajstić information content (AvgIpc) is 2.75. The summed E-state index contributed by atoms with van der Waals surface area (Å²) in [7, 11) is 0. The summed E-state index contributed by atoms with van der Waals surface area (Å²) in [6.07, 6.45) is 1.58. The number of hydrogen-bond donors (Lipinski definition) is 3. The lowest BCUT2D eigenvalue weighted by Crippen LogP contribution is -2.12. The minimum absolute atomic E-state index is 0.185. The topological polar surface area (TPSA) is 90.6 Å². The highest BCUT2D eigenvalue weighted by molar-refractivity contribution is 7.13. The van der Waals surface area contributed by atoms with Gasteiger partial charge < -0.3 is 0 Å². The molecule has 72 valence electrons. The molecule has 0 saturated carbocycles. The van der Waals surface area contributed by atoms with Crippen LogP contribution in [0.15, 0.2) is 22.4 Å². The van der Waals surface area contributed by atoms with Crippen molar-refractivity contribution in [3.8, 4) is 0 Å². The van der Waals surface area contributed by atoms with Gasteiger partial charge >= 0.3 is 0 Å². The van der Waals surface area contributed by atoms with Crippen molar-refractivity contribution in [2.24, 2.45) is 0 Å². The van der Waals surface area contributed by atoms with Crippen molar-refractivity contribution in [2.45, 2.75) is 0 Å². The van der Waals surface area contributed by atoms with Crippen molar-refractivity contribution in [3.05, 3.63) is 33.7 Å². The first-order chi connectivity index (χ1) is 6.75. The Morgan fingerprint density at radius 3 is 2.93 bits per heavy atom. The van der Waals surface area contributed by atoms with E-state index in [-0.39, 0.29) is 11.3 Å². The summed E-state index contributed by atoms with van der Waals surface area (Å²) in [4.78, 5) is 26.0. The first kappa shape index (κ1) is 8.70. The van der Waals surface area contributed by atoms with Gasteiger partial charge in [-0.05, 0) is 0 Å². The number of aromatic amines is 2. The summed E-state index contributed by atoms with van der Waals surface area (Å²) < 4.78 is 0. The number of rotatable bonds is 2. The molecule has 6 nitrogen and oxygen atoms in total. The molecule has 2 rings (SSSR count). The summed E-state index contributed by atoms with van der Waals surface area (Å²) in [6.45, 7) is 0. The first-order valence-corrected chi connectivity index (χ1v) is 4.62. The molecule has 0 radical (unpaired) electrons. The van der Waals surface area contributed by atoms with Gasteiger partial charge in [-0.15, -0.1) is 11.3 Å².